The summed E-state index contributed by atoms with van der Waals surface area (Å²) in [5, 5.41) is 0. The zero-order valence-electron chi connectivity index (χ0n) is 11.3. The van der Waals surface area contributed by atoms with E-state index in [0.717, 1.165) is 18.4 Å². The number of hydrogen-bond donors (Lipinski definition) is 0. The van der Waals surface area contributed by atoms with Gasteiger partial charge in [0.2, 0.25) is 10.0 Å². The molecule has 0 aromatic heterocycles. The van der Waals surface area contributed by atoms with Crippen LogP contribution < -0.4 is 4.31 Å². The van der Waals surface area contributed by atoms with Crippen molar-refractivity contribution in [2.45, 2.75) is 20.0 Å². The fourth-order valence-corrected chi connectivity index (χ4v) is 2.33. The lowest BCUT2D eigenvalue weighted by molar-refractivity contribution is -0.145. The number of carbonyl (C=O) groups excluding carboxylic acids is 1. The largest absolute Gasteiger partial charge is 0.462 e. The number of nitrogens with zero attached hydrogens (tertiary/aromatic N) is 1. The highest BCUT2D eigenvalue weighted by Gasteiger charge is 2.25. The number of ether oxygens (including phenoxy) is 1. The van der Waals surface area contributed by atoms with E-state index in [1.807, 2.05) is 0 Å². The summed E-state index contributed by atoms with van der Waals surface area (Å²) in [6.07, 6.45) is 0.389. The van der Waals surface area contributed by atoms with Gasteiger partial charge in [-0.3, -0.25) is 9.10 Å². The summed E-state index contributed by atoms with van der Waals surface area (Å²) >= 11 is 0. The molecule has 0 fully saturated rings. The van der Waals surface area contributed by atoms with Crippen LogP contribution in [0.4, 0.5) is 14.5 Å². The Bertz CT molecular complexity index is 601. The van der Waals surface area contributed by atoms with Crippen LogP contribution in [0.15, 0.2) is 18.2 Å². The van der Waals surface area contributed by atoms with E-state index < -0.39 is 46.0 Å². The Morgan fingerprint density at radius 2 is 1.95 bits per heavy atom. The third kappa shape index (κ3) is 4.44. The minimum absolute atomic E-state index is 0.408. The van der Waals surface area contributed by atoms with Crippen molar-refractivity contribution in [3.05, 3.63) is 29.8 Å². The van der Waals surface area contributed by atoms with Crippen molar-refractivity contribution in [3.8, 4) is 0 Å². The van der Waals surface area contributed by atoms with E-state index in [1.165, 1.54) is 0 Å². The van der Waals surface area contributed by atoms with Crippen LogP contribution in [0.5, 0.6) is 0 Å². The summed E-state index contributed by atoms with van der Waals surface area (Å²) in [6, 6.07) is 2.40. The Morgan fingerprint density at radius 3 is 2.40 bits per heavy atom. The molecule has 0 spiro atoms. The highest BCUT2D eigenvalue weighted by molar-refractivity contribution is 7.92. The summed E-state index contributed by atoms with van der Waals surface area (Å²) in [4.78, 5) is 11.5. The lowest BCUT2D eigenvalue weighted by atomic mass is 10.3. The van der Waals surface area contributed by atoms with Crippen LogP contribution in [-0.4, -0.2) is 33.3 Å². The first-order valence-electron chi connectivity index (χ1n) is 5.73. The first kappa shape index (κ1) is 16.4. The maximum atomic E-state index is 13.6. The molecule has 8 heteroatoms. The second-order valence-corrected chi connectivity index (χ2v) is 6.31. The SMILES string of the molecule is CC(C)OC(=O)CN(c1ccc(F)cc1F)S(C)(=O)=O. The molecule has 0 radical (unpaired) electrons. The summed E-state index contributed by atoms with van der Waals surface area (Å²) in [6.45, 7) is 2.52. The molecule has 0 N–H and O–H groups in total. The number of hydrogen-bond acceptors (Lipinski definition) is 4. The van der Waals surface area contributed by atoms with Gasteiger partial charge < -0.3 is 4.74 Å². The molecule has 0 saturated carbocycles. The van der Waals surface area contributed by atoms with Gasteiger partial charge in [-0.25, -0.2) is 17.2 Å². The molecule has 0 aliphatic carbocycles. The molecule has 1 rings (SSSR count). The van der Waals surface area contributed by atoms with Crippen molar-refractivity contribution in [2.24, 2.45) is 0 Å². The number of halogens is 2. The average Bonchev–Trinajstić information content (AvgIpc) is 2.24. The van der Waals surface area contributed by atoms with Crippen molar-refractivity contribution in [1.29, 1.82) is 0 Å². The van der Waals surface area contributed by atoms with E-state index in [9.17, 15) is 22.0 Å². The molecule has 0 saturated heterocycles. The monoisotopic (exact) mass is 307 g/mol. The number of benzene rings is 1. The highest BCUT2D eigenvalue weighted by atomic mass is 32.2. The van der Waals surface area contributed by atoms with Gasteiger partial charge in [-0.05, 0) is 26.0 Å². The van der Waals surface area contributed by atoms with Crippen LogP contribution in [0.2, 0.25) is 0 Å². The molecule has 0 bridgehead atoms. The standard InChI is InChI=1S/C12H15F2NO4S/c1-8(2)19-12(16)7-15(20(3,17)18)11-5-4-9(13)6-10(11)14/h4-6,8H,7H2,1-3H3. The van der Waals surface area contributed by atoms with Gasteiger partial charge in [0, 0.05) is 6.07 Å². The Balaban J connectivity index is 3.11. The fraction of sp³-hybridized carbons (Fsp3) is 0.417. The van der Waals surface area contributed by atoms with Gasteiger partial charge >= 0.3 is 5.97 Å². The van der Waals surface area contributed by atoms with E-state index >= 15 is 0 Å². The van der Waals surface area contributed by atoms with Gasteiger partial charge in [-0.1, -0.05) is 0 Å². The molecule has 0 aliphatic heterocycles. The number of rotatable bonds is 5. The highest BCUT2D eigenvalue weighted by Crippen LogP contribution is 2.22. The number of anilines is 1. The molecule has 1 aromatic carbocycles. The molecule has 0 aliphatic rings. The van der Waals surface area contributed by atoms with Gasteiger partial charge in [0.15, 0.2) is 0 Å². The maximum Gasteiger partial charge on any atom is 0.327 e. The Labute approximate surface area is 116 Å². The average molecular weight is 307 g/mol. The second kappa shape index (κ2) is 6.17. The Morgan fingerprint density at radius 1 is 1.35 bits per heavy atom. The van der Waals surface area contributed by atoms with Crippen LogP contribution in [0.3, 0.4) is 0 Å². The van der Waals surface area contributed by atoms with E-state index in [2.05, 4.69) is 0 Å². The summed E-state index contributed by atoms with van der Waals surface area (Å²) in [5.41, 5.74) is -0.408. The molecule has 0 heterocycles. The molecular formula is C12H15F2NO4S. The number of esters is 1. The molecule has 1 aromatic rings. The normalized spacial score (nSPS) is 11.5. The van der Waals surface area contributed by atoms with E-state index in [1.54, 1.807) is 13.8 Å². The topological polar surface area (TPSA) is 63.7 Å². The van der Waals surface area contributed by atoms with Crippen LogP contribution in [0.25, 0.3) is 0 Å². The predicted octanol–water partition coefficient (Wildman–Crippen LogP) is 1.68. The molecule has 0 unspecified atom stereocenters. The van der Waals surface area contributed by atoms with Gasteiger partial charge in [-0.2, -0.15) is 0 Å². The summed E-state index contributed by atoms with van der Waals surface area (Å²) < 4.78 is 55.1. The van der Waals surface area contributed by atoms with Gasteiger partial charge in [-0.15, -0.1) is 0 Å². The Kier molecular flexibility index (Phi) is 5.04. The van der Waals surface area contributed by atoms with Crippen molar-refractivity contribution in [3.63, 3.8) is 0 Å². The van der Waals surface area contributed by atoms with Crippen LogP contribution in [0, 0.1) is 11.6 Å². The van der Waals surface area contributed by atoms with Crippen LogP contribution in [-0.2, 0) is 19.6 Å². The second-order valence-electron chi connectivity index (χ2n) is 4.40. The molecule has 20 heavy (non-hydrogen) atoms. The van der Waals surface area contributed by atoms with E-state index in [-0.39, 0.29) is 0 Å². The Hall–Kier alpha value is -1.70. The van der Waals surface area contributed by atoms with Gasteiger partial charge in [0.05, 0.1) is 18.0 Å². The quantitative estimate of drug-likeness (QED) is 0.777. The zero-order chi connectivity index (χ0) is 15.5. The third-order valence-corrected chi connectivity index (χ3v) is 3.35. The molecule has 0 atom stereocenters. The zero-order valence-corrected chi connectivity index (χ0v) is 12.1. The first-order chi connectivity index (χ1) is 9.11. The third-order valence-electron chi connectivity index (χ3n) is 2.22. The van der Waals surface area contributed by atoms with Gasteiger partial charge in [0.25, 0.3) is 0 Å². The van der Waals surface area contributed by atoms with Gasteiger partial charge in [0.1, 0.15) is 18.2 Å². The van der Waals surface area contributed by atoms with Crippen LogP contribution in [0.1, 0.15) is 13.8 Å². The first-order valence-corrected chi connectivity index (χ1v) is 7.58. The van der Waals surface area contributed by atoms with Crippen molar-refractivity contribution in [2.75, 3.05) is 17.1 Å². The lowest BCUT2D eigenvalue weighted by Crippen LogP contribution is -2.37. The smallest absolute Gasteiger partial charge is 0.327 e. The maximum absolute atomic E-state index is 13.6. The number of carbonyl (C=O) groups is 1. The fourth-order valence-electron chi connectivity index (χ4n) is 1.48. The summed E-state index contributed by atoms with van der Waals surface area (Å²) in [7, 11) is -3.91. The summed E-state index contributed by atoms with van der Waals surface area (Å²) in [5.74, 6) is -2.74. The van der Waals surface area contributed by atoms with Crippen molar-refractivity contribution >= 4 is 21.7 Å². The molecular weight excluding hydrogens is 292 g/mol. The van der Waals surface area contributed by atoms with Crippen molar-refractivity contribution < 1.29 is 26.7 Å². The molecule has 5 nitrogen and oxygen atoms in total. The minimum Gasteiger partial charge on any atom is -0.462 e. The minimum atomic E-state index is -3.91. The lowest BCUT2D eigenvalue weighted by Gasteiger charge is -2.22. The van der Waals surface area contributed by atoms with E-state index in [0.29, 0.717) is 10.4 Å². The van der Waals surface area contributed by atoms with Crippen LogP contribution >= 0.6 is 0 Å². The van der Waals surface area contributed by atoms with Crippen molar-refractivity contribution in [1.82, 2.24) is 0 Å². The van der Waals surface area contributed by atoms with E-state index in [4.69, 9.17) is 4.74 Å². The predicted molar refractivity (Wildman–Crippen MR) is 69.8 cm³/mol. The molecule has 0 amide bonds. The molecule has 112 valence electrons. The number of sulfonamides is 1.